The van der Waals surface area contributed by atoms with Crippen LogP contribution < -0.4 is 21.0 Å². The van der Waals surface area contributed by atoms with Crippen LogP contribution in [0, 0.1) is 11.2 Å². The number of hydrogen-bond acceptors (Lipinski definition) is 10. The molecule has 0 spiro atoms. The number of aliphatic hydroxyl groups is 3. The smallest absolute Gasteiger partial charge is 0.362 e. The molecular weight excluding hydrogens is 307 g/mol. The van der Waals surface area contributed by atoms with E-state index < -0.39 is 36.7 Å². The maximum Gasteiger partial charge on any atom is 0.362 e. The SMILES string of the molecule is N#CBN1CN([C@@H]2O[C@H](CO)[C@@H](O)[C@H]2O)c2nc(N)[nH]c(=O)c21. The molecule has 4 atom stereocenters. The van der Waals surface area contributed by atoms with Crippen molar-refractivity contribution in [3.8, 4) is 5.97 Å². The highest BCUT2D eigenvalue weighted by Gasteiger charge is 2.48. The summed E-state index contributed by atoms with van der Waals surface area (Å²) >= 11 is 0. The Balaban J connectivity index is 2.00. The fraction of sp³-hybridized carbons (Fsp3) is 0.545. The maximum absolute atomic E-state index is 12.1. The summed E-state index contributed by atoms with van der Waals surface area (Å²) in [5, 5.41) is 38.1. The number of anilines is 3. The van der Waals surface area contributed by atoms with Gasteiger partial charge in [0.2, 0.25) is 5.95 Å². The van der Waals surface area contributed by atoms with E-state index in [4.69, 9.17) is 15.7 Å². The van der Waals surface area contributed by atoms with Crippen LogP contribution in [0.3, 0.4) is 0 Å². The third-order valence-electron chi connectivity index (χ3n) is 3.89. The van der Waals surface area contributed by atoms with E-state index in [1.165, 1.54) is 9.71 Å². The second-order valence-electron chi connectivity index (χ2n) is 5.32. The molecule has 11 nitrogen and oxygen atoms in total. The van der Waals surface area contributed by atoms with Crippen molar-refractivity contribution in [2.24, 2.45) is 0 Å². The molecule has 6 N–H and O–H groups in total. The number of aromatic amines is 1. The molecule has 3 heterocycles. The molecule has 0 saturated carbocycles. The van der Waals surface area contributed by atoms with E-state index in [0.717, 1.165) is 0 Å². The molecule has 1 fully saturated rings. The summed E-state index contributed by atoms with van der Waals surface area (Å²) in [5.74, 6) is 1.97. The van der Waals surface area contributed by atoms with Crippen LogP contribution in [-0.4, -0.2) is 70.5 Å². The number of ether oxygens (including phenoxy) is 1. The molecule has 2 aliphatic rings. The maximum atomic E-state index is 12.1. The van der Waals surface area contributed by atoms with Gasteiger partial charge in [-0.2, -0.15) is 4.98 Å². The zero-order chi connectivity index (χ0) is 16.7. The minimum atomic E-state index is -1.32. The number of nitrogens with one attached hydrogen (secondary N) is 1. The van der Waals surface area contributed by atoms with E-state index in [0.29, 0.717) is 0 Å². The van der Waals surface area contributed by atoms with Gasteiger partial charge >= 0.3 is 7.41 Å². The lowest BCUT2D eigenvalue weighted by Gasteiger charge is -2.27. The summed E-state index contributed by atoms with van der Waals surface area (Å²) in [6.07, 6.45) is -4.58. The Bertz CT molecular complexity index is 707. The molecule has 23 heavy (non-hydrogen) atoms. The van der Waals surface area contributed by atoms with Gasteiger partial charge in [0.1, 0.15) is 24.0 Å². The van der Waals surface area contributed by atoms with Gasteiger partial charge in [0.05, 0.1) is 13.3 Å². The number of rotatable bonds is 3. The number of nitrogen functional groups attached to an aromatic ring is 1. The normalized spacial score (nSPS) is 29.5. The summed E-state index contributed by atoms with van der Waals surface area (Å²) in [6.45, 7) is -0.419. The van der Waals surface area contributed by atoms with Gasteiger partial charge in [-0.05, 0) is 0 Å². The van der Waals surface area contributed by atoms with E-state index in [-0.39, 0.29) is 31.5 Å². The largest absolute Gasteiger partial charge is 0.394 e. The summed E-state index contributed by atoms with van der Waals surface area (Å²) in [7, 11) is -0.0764. The van der Waals surface area contributed by atoms with Crippen LogP contribution in [0.15, 0.2) is 4.79 Å². The van der Waals surface area contributed by atoms with Gasteiger partial charge in [-0.25, -0.2) is 5.26 Å². The first-order valence-corrected chi connectivity index (χ1v) is 6.88. The van der Waals surface area contributed by atoms with E-state index in [9.17, 15) is 20.1 Å². The van der Waals surface area contributed by atoms with Crippen LogP contribution in [0.5, 0.6) is 0 Å². The first-order valence-electron chi connectivity index (χ1n) is 6.88. The average Bonchev–Trinajstić information content (AvgIpc) is 2.99. The summed E-state index contributed by atoms with van der Waals surface area (Å²) in [6, 6.07) is 0. The fourth-order valence-corrected chi connectivity index (χ4v) is 2.83. The van der Waals surface area contributed by atoms with E-state index in [2.05, 4.69) is 9.97 Å². The van der Waals surface area contributed by atoms with Gasteiger partial charge in [0, 0.05) is 5.97 Å². The van der Waals surface area contributed by atoms with Gasteiger partial charge in [-0.3, -0.25) is 9.78 Å². The molecule has 0 unspecified atom stereocenters. The van der Waals surface area contributed by atoms with Gasteiger partial charge in [0.25, 0.3) is 5.56 Å². The fourth-order valence-electron chi connectivity index (χ4n) is 2.83. The lowest BCUT2D eigenvalue weighted by Crippen LogP contribution is -2.46. The van der Waals surface area contributed by atoms with Crippen molar-refractivity contribution in [2.75, 3.05) is 28.7 Å². The predicted octanol–water partition coefficient (Wildman–Crippen LogP) is -3.79. The van der Waals surface area contributed by atoms with E-state index in [1.807, 2.05) is 5.97 Å². The number of aliphatic hydroxyl groups excluding tert-OH is 3. The second kappa shape index (κ2) is 5.71. The molecule has 2 aliphatic heterocycles. The topological polar surface area (TPSA) is 172 Å². The van der Waals surface area contributed by atoms with Crippen molar-refractivity contribution in [1.29, 1.82) is 5.26 Å². The Labute approximate surface area is 130 Å². The minimum Gasteiger partial charge on any atom is -0.394 e. The van der Waals surface area contributed by atoms with Gasteiger partial charge in [-0.1, -0.05) is 0 Å². The van der Waals surface area contributed by atoms with Crippen molar-refractivity contribution >= 4 is 24.9 Å². The molecule has 1 saturated heterocycles. The number of nitriles is 1. The first kappa shape index (κ1) is 15.6. The van der Waals surface area contributed by atoms with Crippen LogP contribution in [-0.2, 0) is 4.74 Å². The highest BCUT2D eigenvalue weighted by molar-refractivity contribution is 6.50. The predicted molar refractivity (Wildman–Crippen MR) is 79.6 cm³/mol. The van der Waals surface area contributed by atoms with Crippen molar-refractivity contribution in [3.05, 3.63) is 10.4 Å². The molecule has 1 aromatic heterocycles. The Morgan fingerprint density at radius 1 is 1.52 bits per heavy atom. The molecule has 0 aliphatic carbocycles. The van der Waals surface area contributed by atoms with E-state index >= 15 is 0 Å². The number of nitrogens with zero attached hydrogens (tertiary/aromatic N) is 4. The standard InChI is InChI=1S/C11H15BN6O5/c13-2-12-18-3-17(8-5(18)9(22)16-11(14)15-8)10-7(21)6(20)4(1-19)23-10/h4,6-7,10,12,19-21H,1,3H2,(H3,14,15,16,22)/t4-,6-,7-,10-/m1/s1. The van der Waals surface area contributed by atoms with Crippen molar-refractivity contribution < 1.29 is 20.1 Å². The minimum absolute atomic E-state index is 0.0506. The van der Waals surface area contributed by atoms with Crippen LogP contribution in [0.2, 0.25) is 0 Å². The molecular formula is C11H15BN6O5. The van der Waals surface area contributed by atoms with Crippen LogP contribution in [0.1, 0.15) is 0 Å². The molecule has 0 bridgehead atoms. The zero-order valence-electron chi connectivity index (χ0n) is 12.0. The van der Waals surface area contributed by atoms with Crippen LogP contribution in [0.4, 0.5) is 17.5 Å². The molecule has 3 rings (SSSR count). The highest BCUT2D eigenvalue weighted by atomic mass is 16.6. The van der Waals surface area contributed by atoms with Gasteiger partial charge < -0.3 is 35.5 Å². The Morgan fingerprint density at radius 3 is 2.87 bits per heavy atom. The van der Waals surface area contributed by atoms with Crippen LogP contribution >= 0.6 is 0 Å². The zero-order valence-corrected chi connectivity index (χ0v) is 12.0. The number of hydrogen-bond donors (Lipinski definition) is 5. The Morgan fingerprint density at radius 2 is 2.26 bits per heavy atom. The quantitative estimate of drug-likeness (QED) is 0.347. The summed E-state index contributed by atoms with van der Waals surface area (Å²) in [4.78, 5) is 21.4. The molecule has 122 valence electrons. The van der Waals surface area contributed by atoms with Gasteiger partial charge in [-0.15, -0.1) is 0 Å². The van der Waals surface area contributed by atoms with Crippen molar-refractivity contribution in [1.82, 2.24) is 9.97 Å². The number of fused-ring (bicyclic) bond motifs is 1. The third-order valence-corrected chi connectivity index (χ3v) is 3.89. The lowest BCUT2D eigenvalue weighted by atomic mass is 9.95. The van der Waals surface area contributed by atoms with Crippen molar-refractivity contribution in [2.45, 2.75) is 24.5 Å². The number of H-pyrrole nitrogens is 1. The molecule has 0 aromatic carbocycles. The van der Waals surface area contributed by atoms with Crippen molar-refractivity contribution in [3.63, 3.8) is 0 Å². The molecule has 1 aromatic rings. The van der Waals surface area contributed by atoms with Gasteiger partial charge in [0.15, 0.2) is 12.0 Å². The Kier molecular flexibility index (Phi) is 3.86. The summed E-state index contributed by atoms with van der Waals surface area (Å²) < 4.78 is 5.46. The third kappa shape index (κ3) is 2.39. The van der Waals surface area contributed by atoms with Crippen LogP contribution in [0.25, 0.3) is 0 Å². The first-order chi connectivity index (χ1) is 11.0. The number of nitrogens with two attached hydrogens (primary N) is 1. The highest BCUT2D eigenvalue weighted by Crippen LogP contribution is 2.36. The second-order valence-corrected chi connectivity index (χ2v) is 5.32. The average molecular weight is 322 g/mol. The summed E-state index contributed by atoms with van der Waals surface area (Å²) in [5.41, 5.74) is 5.18. The molecule has 0 amide bonds. The monoisotopic (exact) mass is 322 g/mol. The Hall–Kier alpha value is -2.33. The molecule has 12 heteroatoms. The van der Waals surface area contributed by atoms with E-state index in [1.54, 1.807) is 0 Å². The lowest BCUT2D eigenvalue weighted by molar-refractivity contribution is -0.0221. The molecule has 0 radical (unpaired) electrons. The number of aromatic nitrogens is 2.